The van der Waals surface area contributed by atoms with Crippen LogP contribution in [0.3, 0.4) is 0 Å². The van der Waals surface area contributed by atoms with Gasteiger partial charge in [-0.3, -0.25) is 0 Å². The smallest absolute Gasteiger partial charge is 0.00506 e. The van der Waals surface area contributed by atoms with Gasteiger partial charge in [0.1, 0.15) is 0 Å². The Morgan fingerprint density at radius 1 is 0.364 bits per heavy atom. The molecule has 2 aliphatic carbocycles. The zero-order chi connectivity index (χ0) is 7.07. The van der Waals surface area contributed by atoms with Crippen LogP contribution < -0.4 is 0 Å². The first-order chi connectivity index (χ1) is 5.00. The molecule has 0 saturated heterocycles. The molecule has 2 radical (unpaired) electrons. The quantitative estimate of drug-likeness (QED) is 0.599. The van der Waals surface area contributed by atoms with Crippen LogP contribution in [0.25, 0.3) is 0 Å². The summed E-state index contributed by atoms with van der Waals surface area (Å²) >= 11 is 0. The molecule has 0 N–H and O–H groups in total. The van der Waals surface area contributed by atoms with Gasteiger partial charge >= 0.3 is 0 Å². The summed E-state index contributed by atoms with van der Waals surface area (Å²) in [7, 11) is 0. The number of allylic oxidation sites excluding steroid dienone is 8. The van der Waals surface area contributed by atoms with E-state index in [0.717, 1.165) is 0 Å². The van der Waals surface area contributed by atoms with Crippen molar-refractivity contribution in [2.45, 2.75) is 0 Å². The summed E-state index contributed by atoms with van der Waals surface area (Å²) in [6.45, 7) is 0. The molecule has 52 valence electrons. The van der Waals surface area contributed by atoms with E-state index in [0.29, 0.717) is 0 Å². The standard InChI is InChI=1S/2C5H5.Hg/c2*1-2-4-5-3-1;/h2*1-5H;. The fraction of sp³-hybridized carbons (Fsp3) is 0. The first-order valence-electron chi connectivity index (χ1n) is 3.33. The largest absolute Gasteiger partial charge is 0.0767 e. The molecule has 0 fully saturated rings. The maximum absolute atomic E-state index is 2.00. The van der Waals surface area contributed by atoms with Crippen molar-refractivity contribution in [3.05, 3.63) is 61.4 Å². The number of rotatable bonds is 0. The molecule has 0 amide bonds. The van der Waals surface area contributed by atoms with Crippen molar-refractivity contribution in [3.63, 3.8) is 0 Å². The van der Waals surface area contributed by atoms with Gasteiger partial charge in [0.15, 0.2) is 0 Å². The van der Waals surface area contributed by atoms with Crippen molar-refractivity contribution in [3.8, 4) is 0 Å². The number of hydrogen-bond acceptors (Lipinski definition) is 0. The maximum Gasteiger partial charge on any atom is 0.00506 e. The van der Waals surface area contributed by atoms with Crippen LogP contribution in [0, 0.1) is 12.8 Å². The van der Waals surface area contributed by atoms with Gasteiger partial charge in [0.05, 0.1) is 0 Å². The average Bonchev–Trinajstić information content (AvgIpc) is 2.67. The molecule has 1 heteroatoms. The van der Waals surface area contributed by atoms with Crippen molar-refractivity contribution < 1.29 is 27.7 Å². The second-order valence-electron chi connectivity index (χ2n) is 1.92. The van der Waals surface area contributed by atoms with Gasteiger partial charge in [-0.2, -0.15) is 0 Å². The SMILES string of the molecule is [CH]1C=CC=C1.[CH]1C=CC=C1.[Hg]. The molecular formula is C10H10Hg. The molecule has 0 unspecified atom stereocenters. The zero-order valence-corrected chi connectivity index (χ0v) is 12.0. The van der Waals surface area contributed by atoms with Gasteiger partial charge < -0.3 is 0 Å². The Morgan fingerprint density at radius 3 is 0.727 bits per heavy atom. The van der Waals surface area contributed by atoms with E-state index < -0.39 is 0 Å². The topological polar surface area (TPSA) is 0 Å². The Hall–Kier alpha value is -0.105. The zero-order valence-electron chi connectivity index (χ0n) is 6.48. The normalized spacial score (nSPS) is 16.0. The summed E-state index contributed by atoms with van der Waals surface area (Å²) in [5.74, 6) is 0. The van der Waals surface area contributed by atoms with E-state index in [1.165, 1.54) is 0 Å². The van der Waals surface area contributed by atoms with Crippen LogP contribution in [0.15, 0.2) is 48.6 Å². The molecule has 0 aromatic carbocycles. The van der Waals surface area contributed by atoms with Crippen molar-refractivity contribution >= 4 is 0 Å². The minimum atomic E-state index is 0. The second-order valence-corrected chi connectivity index (χ2v) is 1.92. The Labute approximate surface area is 88.9 Å². The molecule has 0 nitrogen and oxygen atoms in total. The van der Waals surface area contributed by atoms with Gasteiger partial charge in [-0.25, -0.2) is 0 Å². The molecule has 2 aliphatic rings. The van der Waals surface area contributed by atoms with E-state index in [2.05, 4.69) is 0 Å². The van der Waals surface area contributed by atoms with Crippen molar-refractivity contribution in [1.82, 2.24) is 0 Å². The molecule has 2 rings (SSSR count). The van der Waals surface area contributed by atoms with Crippen LogP contribution in [0.2, 0.25) is 0 Å². The van der Waals surface area contributed by atoms with Gasteiger partial charge in [-0.05, 0) is 0 Å². The van der Waals surface area contributed by atoms with E-state index in [9.17, 15) is 0 Å². The molecule has 0 heterocycles. The Kier molecular flexibility index (Phi) is 7.92. The first kappa shape index (κ1) is 10.9. The third kappa shape index (κ3) is 6.30. The molecular weight excluding hydrogens is 321 g/mol. The summed E-state index contributed by atoms with van der Waals surface area (Å²) in [5, 5.41) is 0. The Balaban J connectivity index is 0.000000167. The molecule has 11 heavy (non-hydrogen) atoms. The van der Waals surface area contributed by atoms with Crippen LogP contribution in [-0.4, -0.2) is 0 Å². The summed E-state index contributed by atoms with van der Waals surface area (Å²) in [6.07, 6.45) is 20.0. The predicted molar refractivity (Wildman–Crippen MR) is 45.2 cm³/mol. The van der Waals surface area contributed by atoms with Crippen LogP contribution in [0.1, 0.15) is 0 Å². The van der Waals surface area contributed by atoms with E-state index in [1.807, 2.05) is 61.4 Å². The van der Waals surface area contributed by atoms with Gasteiger partial charge in [0.2, 0.25) is 0 Å². The van der Waals surface area contributed by atoms with Crippen LogP contribution in [0.5, 0.6) is 0 Å². The van der Waals surface area contributed by atoms with E-state index in [4.69, 9.17) is 0 Å². The van der Waals surface area contributed by atoms with Crippen LogP contribution in [0.4, 0.5) is 0 Å². The van der Waals surface area contributed by atoms with Gasteiger partial charge in [0, 0.05) is 40.5 Å². The summed E-state index contributed by atoms with van der Waals surface area (Å²) in [4.78, 5) is 0. The van der Waals surface area contributed by atoms with Crippen LogP contribution in [-0.2, 0) is 27.7 Å². The second kappa shape index (κ2) is 8.00. The van der Waals surface area contributed by atoms with Crippen LogP contribution >= 0.6 is 0 Å². The summed E-state index contributed by atoms with van der Waals surface area (Å²) in [5.41, 5.74) is 0. The van der Waals surface area contributed by atoms with Gasteiger partial charge in [0.25, 0.3) is 0 Å². The average molecular weight is 331 g/mol. The third-order valence-corrected chi connectivity index (χ3v) is 1.11. The Morgan fingerprint density at radius 2 is 0.636 bits per heavy atom. The molecule has 0 bridgehead atoms. The predicted octanol–water partition coefficient (Wildman–Crippen LogP) is 2.63. The van der Waals surface area contributed by atoms with Crippen molar-refractivity contribution in [2.75, 3.05) is 0 Å². The molecule has 0 aliphatic heterocycles. The third-order valence-electron chi connectivity index (χ3n) is 1.11. The maximum atomic E-state index is 2.00. The summed E-state index contributed by atoms with van der Waals surface area (Å²) in [6, 6.07) is 0. The van der Waals surface area contributed by atoms with E-state index in [1.54, 1.807) is 0 Å². The fourth-order valence-corrected chi connectivity index (χ4v) is 0.642. The van der Waals surface area contributed by atoms with Crippen molar-refractivity contribution in [1.29, 1.82) is 0 Å². The first-order valence-corrected chi connectivity index (χ1v) is 3.33. The number of hydrogen-bond donors (Lipinski definition) is 0. The van der Waals surface area contributed by atoms with Gasteiger partial charge in [-0.1, -0.05) is 48.6 Å². The molecule has 0 spiro atoms. The molecule has 0 aromatic heterocycles. The minimum Gasteiger partial charge on any atom is -0.0767 e. The van der Waals surface area contributed by atoms with E-state index in [-0.39, 0.29) is 27.7 Å². The van der Waals surface area contributed by atoms with Crippen molar-refractivity contribution in [2.24, 2.45) is 0 Å². The fourth-order valence-electron chi connectivity index (χ4n) is 0.642. The monoisotopic (exact) mass is 332 g/mol. The Bertz CT molecular complexity index is 143. The molecule has 0 atom stereocenters. The van der Waals surface area contributed by atoms with E-state index >= 15 is 0 Å². The molecule has 0 saturated carbocycles. The molecule has 0 aromatic rings. The summed E-state index contributed by atoms with van der Waals surface area (Å²) < 4.78 is 0. The minimum absolute atomic E-state index is 0. The van der Waals surface area contributed by atoms with Gasteiger partial charge in [-0.15, -0.1) is 0 Å².